The molecule has 104 valence electrons. The number of benzene rings is 2. The number of carbonyl (C=O) groups excluding carboxylic acids is 1. The van der Waals surface area contributed by atoms with Crippen molar-refractivity contribution in [3.05, 3.63) is 70.8 Å². The third kappa shape index (κ3) is 3.50. The van der Waals surface area contributed by atoms with Crippen LogP contribution in [0.25, 0.3) is 0 Å². The van der Waals surface area contributed by atoms with E-state index >= 15 is 0 Å². The first-order valence-electron chi connectivity index (χ1n) is 6.57. The molecule has 0 bridgehead atoms. The van der Waals surface area contributed by atoms with Crippen LogP contribution in [-0.2, 0) is 17.6 Å². The van der Waals surface area contributed by atoms with Crippen LogP contribution in [-0.4, -0.2) is 5.78 Å². The fraction of sp³-hybridized carbons (Fsp3) is 0.235. The Labute approximate surface area is 117 Å². The number of rotatable bonds is 5. The molecule has 0 atom stereocenters. The molecule has 0 amide bonds. The van der Waals surface area contributed by atoms with Crippen LogP contribution in [0.1, 0.15) is 23.1 Å². The van der Waals surface area contributed by atoms with E-state index in [1.165, 1.54) is 18.2 Å². The van der Waals surface area contributed by atoms with Gasteiger partial charge in [-0.3, -0.25) is 4.79 Å². The Morgan fingerprint density at radius 2 is 1.65 bits per heavy atom. The summed E-state index contributed by atoms with van der Waals surface area (Å²) in [5, 5.41) is 0. The highest BCUT2D eigenvalue weighted by atomic mass is 19.1. The van der Waals surface area contributed by atoms with Gasteiger partial charge in [-0.1, -0.05) is 30.3 Å². The lowest BCUT2D eigenvalue weighted by molar-refractivity contribution is -0.118. The van der Waals surface area contributed by atoms with Gasteiger partial charge in [0.15, 0.2) is 0 Å². The van der Waals surface area contributed by atoms with Gasteiger partial charge >= 0.3 is 0 Å². The lowest BCUT2D eigenvalue weighted by Crippen LogP contribution is -2.08. The summed E-state index contributed by atoms with van der Waals surface area (Å²) in [6.45, 7) is 1.98. The first-order chi connectivity index (χ1) is 9.58. The van der Waals surface area contributed by atoms with Crippen LogP contribution in [0.2, 0.25) is 0 Å². The van der Waals surface area contributed by atoms with Crippen LogP contribution in [0.15, 0.2) is 42.5 Å². The van der Waals surface area contributed by atoms with Gasteiger partial charge in [0.2, 0.25) is 0 Å². The normalized spacial score (nSPS) is 10.6. The highest BCUT2D eigenvalue weighted by molar-refractivity contribution is 5.81. The standard InChI is InChI=1S/C17H16F2O/c1-12-5-2-3-6-13(12)9-10-14(20)11-15-16(18)7-4-8-17(15)19/h2-8H,9-11H2,1H3. The second-order valence-electron chi connectivity index (χ2n) is 4.84. The van der Waals surface area contributed by atoms with E-state index in [0.717, 1.165) is 11.1 Å². The number of ketones is 1. The van der Waals surface area contributed by atoms with Gasteiger partial charge in [-0.2, -0.15) is 0 Å². The Morgan fingerprint density at radius 3 is 2.30 bits per heavy atom. The molecule has 2 aromatic rings. The average molecular weight is 274 g/mol. The van der Waals surface area contributed by atoms with E-state index in [2.05, 4.69) is 0 Å². The average Bonchev–Trinajstić information content (AvgIpc) is 2.42. The van der Waals surface area contributed by atoms with Crippen molar-refractivity contribution in [2.24, 2.45) is 0 Å². The molecule has 0 saturated heterocycles. The van der Waals surface area contributed by atoms with Gasteiger partial charge in [-0.15, -0.1) is 0 Å². The molecule has 0 radical (unpaired) electrons. The van der Waals surface area contributed by atoms with Crippen LogP contribution in [0, 0.1) is 18.6 Å². The Balaban J connectivity index is 1.98. The molecule has 0 heterocycles. The highest BCUT2D eigenvalue weighted by Gasteiger charge is 2.13. The molecule has 2 aromatic carbocycles. The van der Waals surface area contributed by atoms with Crippen LogP contribution in [0.5, 0.6) is 0 Å². The topological polar surface area (TPSA) is 17.1 Å². The lowest BCUT2D eigenvalue weighted by Gasteiger charge is -2.06. The largest absolute Gasteiger partial charge is 0.299 e. The van der Waals surface area contributed by atoms with Crippen molar-refractivity contribution >= 4 is 5.78 Å². The van der Waals surface area contributed by atoms with E-state index in [1.807, 2.05) is 31.2 Å². The predicted molar refractivity (Wildman–Crippen MR) is 74.6 cm³/mol. The minimum Gasteiger partial charge on any atom is -0.299 e. The van der Waals surface area contributed by atoms with Crippen molar-refractivity contribution < 1.29 is 13.6 Å². The molecule has 0 unspecified atom stereocenters. The molecule has 1 nitrogen and oxygen atoms in total. The molecular formula is C17H16F2O. The Hall–Kier alpha value is -2.03. The molecule has 0 spiro atoms. The maximum Gasteiger partial charge on any atom is 0.137 e. The zero-order chi connectivity index (χ0) is 14.5. The fourth-order valence-corrected chi connectivity index (χ4v) is 2.15. The Morgan fingerprint density at radius 1 is 1.00 bits per heavy atom. The van der Waals surface area contributed by atoms with Gasteiger partial charge in [0, 0.05) is 18.4 Å². The molecular weight excluding hydrogens is 258 g/mol. The Bertz CT molecular complexity index is 600. The first kappa shape index (κ1) is 14.4. The highest BCUT2D eigenvalue weighted by Crippen LogP contribution is 2.15. The monoisotopic (exact) mass is 274 g/mol. The molecule has 0 aliphatic carbocycles. The van der Waals surface area contributed by atoms with Crippen LogP contribution < -0.4 is 0 Å². The summed E-state index contributed by atoms with van der Waals surface area (Å²) in [4.78, 5) is 11.9. The number of halogens is 2. The SMILES string of the molecule is Cc1ccccc1CCC(=O)Cc1c(F)cccc1F. The number of hydrogen-bond donors (Lipinski definition) is 0. The maximum absolute atomic E-state index is 13.4. The van der Waals surface area contributed by atoms with Crippen LogP contribution >= 0.6 is 0 Å². The fourth-order valence-electron chi connectivity index (χ4n) is 2.15. The second-order valence-corrected chi connectivity index (χ2v) is 4.84. The molecule has 0 fully saturated rings. The summed E-state index contributed by atoms with van der Waals surface area (Å²) >= 11 is 0. The van der Waals surface area contributed by atoms with Gasteiger partial charge < -0.3 is 0 Å². The van der Waals surface area contributed by atoms with Crippen LogP contribution in [0.4, 0.5) is 8.78 Å². The zero-order valence-corrected chi connectivity index (χ0v) is 11.3. The third-order valence-electron chi connectivity index (χ3n) is 3.37. The lowest BCUT2D eigenvalue weighted by atomic mass is 9.99. The summed E-state index contributed by atoms with van der Waals surface area (Å²) in [7, 11) is 0. The van der Waals surface area contributed by atoms with Gasteiger partial charge in [-0.05, 0) is 36.6 Å². The summed E-state index contributed by atoms with van der Waals surface area (Å²) < 4.78 is 26.9. The van der Waals surface area contributed by atoms with Gasteiger partial charge in [0.05, 0.1) is 0 Å². The van der Waals surface area contributed by atoms with E-state index in [1.54, 1.807) is 0 Å². The number of aryl methyl sites for hydroxylation is 2. The third-order valence-corrected chi connectivity index (χ3v) is 3.37. The summed E-state index contributed by atoms with van der Waals surface area (Å²) in [6.07, 6.45) is 0.699. The summed E-state index contributed by atoms with van der Waals surface area (Å²) in [5.41, 5.74) is 2.08. The van der Waals surface area contributed by atoms with Crippen molar-refractivity contribution in [2.45, 2.75) is 26.2 Å². The minimum atomic E-state index is -0.658. The molecule has 20 heavy (non-hydrogen) atoms. The smallest absolute Gasteiger partial charge is 0.137 e. The first-order valence-corrected chi connectivity index (χ1v) is 6.57. The van der Waals surface area contributed by atoms with E-state index in [-0.39, 0.29) is 17.8 Å². The molecule has 2 rings (SSSR count). The molecule has 0 N–H and O–H groups in total. The van der Waals surface area contributed by atoms with E-state index in [9.17, 15) is 13.6 Å². The van der Waals surface area contributed by atoms with Gasteiger partial charge in [-0.25, -0.2) is 8.78 Å². The van der Waals surface area contributed by atoms with Crippen molar-refractivity contribution in [3.8, 4) is 0 Å². The molecule has 0 aliphatic heterocycles. The van der Waals surface area contributed by atoms with E-state index < -0.39 is 11.6 Å². The van der Waals surface area contributed by atoms with Gasteiger partial charge in [0.1, 0.15) is 17.4 Å². The minimum absolute atomic E-state index is 0.137. The van der Waals surface area contributed by atoms with E-state index in [4.69, 9.17) is 0 Å². The summed E-state index contributed by atoms with van der Waals surface area (Å²) in [5.74, 6) is -1.47. The van der Waals surface area contributed by atoms with E-state index in [0.29, 0.717) is 12.8 Å². The zero-order valence-electron chi connectivity index (χ0n) is 11.3. The van der Waals surface area contributed by atoms with Crippen molar-refractivity contribution in [3.63, 3.8) is 0 Å². The predicted octanol–water partition coefficient (Wildman–Crippen LogP) is 4.02. The quantitative estimate of drug-likeness (QED) is 0.805. The van der Waals surface area contributed by atoms with Crippen LogP contribution in [0.3, 0.4) is 0 Å². The molecule has 0 saturated carbocycles. The number of Topliss-reactive ketones (excluding diaryl/α,β-unsaturated/α-hetero) is 1. The number of hydrogen-bond acceptors (Lipinski definition) is 1. The Kier molecular flexibility index (Phi) is 4.61. The molecule has 0 aromatic heterocycles. The van der Waals surface area contributed by atoms with Crippen molar-refractivity contribution in [1.82, 2.24) is 0 Å². The van der Waals surface area contributed by atoms with Gasteiger partial charge in [0.25, 0.3) is 0 Å². The van der Waals surface area contributed by atoms with Crippen molar-refractivity contribution in [1.29, 1.82) is 0 Å². The summed E-state index contributed by atoms with van der Waals surface area (Å²) in [6, 6.07) is 11.5. The second kappa shape index (κ2) is 6.42. The molecule has 3 heteroatoms. The number of carbonyl (C=O) groups is 1. The van der Waals surface area contributed by atoms with Crippen molar-refractivity contribution in [2.75, 3.05) is 0 Å². The molecule has 0 aliphatic rings. The maximum atomic E-state index is 13.4.